The van der Waals surface area contributed by atoms with E-state index >= 15 is 0 Å². The van der Waals surface area contributed by atoms with Gasteiger partial charge in [-0.25, -0.2) is 0 Å². The highest BCUT2D eigenvalue weighted by molar-refractivity contribution is 9.10. The van der Waals surface area contributed by atoms with E-state index in [0.717, 1.165) is 23.2 Å². The smallest absolute Gasteiger partial charge is 0.253 e. The van der Waals surface area contributed by atoms with Crippen LogP contribution in [0.25, 0.3) is 0 Å². The van der Waals surface area contributed by atoms with Crippen LogP contribution < -0.4 is 4.90 Å². The molecule has 9 heteroatoms. The second kappa shape index (κ2) is 11.4. The Morgan fingerprint density at radius 2 is 1.74 bits per heavy atom. The Bertz CT molecular complexity index is 1100. The van der Waals surface area contributed by atoms with Crippen LogP contribution in [0.15, 0.2) is 63.6 Å². The zero-order valence-corrected chi connectivity index (χ0v) is 20.8. The average Bonchev–Trinajstić information content (AvgIpc) is 3.31. The Morgan fingerprint density at radius 3 is 2.41 bits per heavy atom. The first-order chi connectivity index (χ1) is 16.5. The van der Waals surface area contributed by atoms with E-state index in [1.54, 1.807) is 4.90 Å². The molecule has 0 unspecified atom stereocenters. The van der Waals surface area contributed by atoms with E-state index in [0.29, 0.717) is 56.3 Å². The van der Waals surface area contributed by atoms with Crippen LogP contribution >= 0.6 is 15.9 Å². The number of aryl methyl sites for hydroxylation is 1. The Hall–Kier alpha value is -3.04. The summed E-state index contributed by atoms with van der Waals surface area (Å²) < 4.78 is 6.33. The summed E-state index contributed by atoms with van der Waals surface area (Å²) in [6, 6.07) is 17.1. The zero-order chi connectivity index (χ0) is 23.9. The molecule has 2 heterocycles. The van der Waals surface area contributed by atoms with Crippen molar-refractivity contribution in [3.05, 3.63) is 76.3 Å². The number of carbonyl (C=O) groups is 2. The van der Waals surface area contributed by atoms with E-state index < -0.39 is 0 Å². The number of hydrogen-bond donors (Lipinski definition) is 0. The topological polar surface area (TPSA) is 82.8 Å². The SMILES string of the molecule is CCN(C(=O)CCc1nc(CN2CCN(C(=O)c3ccc(Br)cc3)CC2)no1)c1ccccc1. The third-order valence-electron chi connectivity index (χ3n) is 5.86. The van der Waals surface area contributed by atoms with Gasteiger partial charge in [-0.1, -0.05) is 39.3 Å². The number of aromatic nitrogens is 2. The van der Waals surface area contributed by atoms with Gasteiger partial charge in [0.05, 0.1) is 6.54 Å². The van der Waals surface area contributed by atoms with Crippen molar-refractivity contribution in [2.24, 2.45) is 0 Å². The van der Waals surface area contributed by atoms with Crippen LogP contribution in [-0.4, -0.2) is 64.5 Å². The van der Waals surface area contributed by atoms with Crippen molar-refractivity contribution in [2.45, 2.75) is 26.3 Å². The maximum absolute atomic E-state index is 12.7. The van der Waals surface area contributed by atoms with Crippen LogP contribution in [0.3, 0.4) is 0 Å². The minimum Gasteiger partial charge on any atom is -0.339 e. The van der Waals surface area contributed by atoms with Crippen LogP contribution in [0.5, 0.6) is 0 Å². The summed E-state index contributed by atoms with van der Waals surface area (Å²) in [4.78, 5) is 35.7. The molecule has 3 aromatic rings. The van der Waals surface area contributed by atoms with Crippen molar-refractivity contribution in [1.82, 2.24) is 19.9 Å². The number of amides is 2. The average molecular weight is 526 g/mol. The summed E-state index contributed by atoms with van der Waals surface area (Å²) in [6.07, 6.45) is 0.714. The highest BCUT2D eigenvalue weighted by atomic mass is 79.9. The van der Waals surface area contributed by atoms with E-state index in [-0.39, 0.29) is 11.8 Å². The van der Waals surface area contributed by atoms with Crippen LogP contribution in [0.1, 0.15) is 35.4 Å². The van der Waals surface area contributed by atoms with Gasteiger partial charge in [-0.15, -0.1) is 0 Å². The quantitative estimate of drug-likeness (QED) is 0.445. The molecule has 0 N–H and O–H groups in total. The van der Waals surface area contributed by atoms with E-state index in [1.807, 2.05) is 66.4 Å². The number of nitrogens with zero attached hydrogens (tertiary/aromatic N) is 5. The zero-order valence-electron chi connectivity index (χ0n) is 19.2. The van der Waals surface area contributed by atoms with Crippen LogP contribution in [0.4, 0.5) is 5.69 Å². The van der Waals surface area contributed by atoms with Crippen LogP contribution in [0, 0.1) is 0 Å². The molecule has 178 valence electrons. The Kier molecular flexibility index (Phi) is 8.08. The van der Waals surface area contributed by atoms with Crippen LogP contribution in [0.2, 0.25) is 0 Å². The molecule has 34 heavy (non-hydrogen) atoms. The molecule has 0 radical (unpaired) electrons. The molecule has 0 saturated carbocycles. The minimum atomic E-state index is 0.0278. The first-order valence-electron chi connectivity index (χ1n) is 11.5. The second-order valence-electron chi connectivity index (χ2n) is 8.15. The van der Waals surface area contributed by atoms with Crippen molar-refractivity contribution in [3.63, 3.8) is 0 Å². The number of piperazine rings is 1. The molecule has 0 spiro atoms. The van der Waals surface area contributed by atoms with Gasteiger partial charge in [-0.3, -0.25) is 14.5 Å². The lowest BCUT2D eigenvalue weighted by Gasteiger charge is -2.34. The summed E-state index contributed by atoms with van der Waals surface area (Å²) >= 11 is 3.40. The number of carbonyl (C=O) groups excluding carboxylic acids is 2. The van der Waals surface area contributed by atoms with Gasteiger partial charge in [-0.05, 0) is 43.3 Å². The Morgan fingerprint density at radius 1 is 1.03 bits per heavy atom. The first-order valence-corrected chi connectivity index (χ1v) is 12.3. The van der Waals surface area contributed by atoms with Gasteiger partial charge in [-0.2, -0.15) is 4.98 Å². The standard InChI is InChI=1S/C25H28BrN5O3/c1-2-31(21-6-4-3-5-7-21)24(32)13-12-23-27-22(28-34-23)18-29-14-16-30(17-15-29)25(33)19-8-10-20(26)11-9-19/h3-11H,2,12-18H2,1H3. The van der Waals surface area contributed by atoms with E-state index in [4.69, 9.17) is 4.52 Å². The van der Waals surface area contributed by atoms with E-state index in [1.165, 1.54) is 0 Å². The maximum atomic E-state index is 12.7. The molecular formula is C25H28BrN5O3. The fourth-order valence-corrected chi connectivity index (χ4v) is 4.26. The molecule has 1 aromatic heterocycles. The molecule has 2 aromatic carbocycles. The number of hydrogen-bond acceptors (Lipinski definition) is 6. The van der Waals surface area contributed by atoms with Crippen molar-refractivity contribution in [3.8, 4) is 0 Å². The summed E-state index contributed by atoms with van der Waals surface area (Å²) in [6.45, 7) is 5.92. The molecule has 2 amide bonds. The van der Waals surface area contributed by atoms with Gasteiger partial charge < -0.3 is 14.3 Å². The Balaban J connectivity index is 1.24. The van der Waals surface area contributed by atoms with Crippen LogP contribution in [-0.2, 0) is 17.8 Å². The lowest BCUT2D eigenvalue weighted by atomic mass is 10.2. The number of para-hydroxylation sites is 1. The highest BCUT2D eigenvalue weighted by Gasteiger charge is 2.23. The molecule has 1 aliphatic heterocycles. The number of benzene rings is 2. The fraction of sp³-hybridized carbons (Fsp3) is 0.360. The normalized spacial score (nSPS) is 14.2. The molecule has 1 saturated heterocycles. The third-order valence-corrected chi connectivity index (χ3v) is 6.39. The highest BCUT2D eigenvalue weighted by Crippen LogP contribution is 2.16. The summed E-state index contributed by atoms with van der Waals surface area (Å²) in [5.74, 6) is 1.15. The fourth-order valence-electron chi connectivity index (χ4n) is 4.00. The number of anilines is 1. The molecule has 1 aliphatic rings. The maximum Gasteiger partial charge on any atom is 0.253 e. The lowest BCUT2D eigenvalue weighted by Crippen LogP contribution is -2.48. The molecule has 0 atom stereocenters. The van der Waals surface area contributed by atoms with Gasteiger partial charge in [0.15, 0.2) is 5.82 Å². The summed E-state index contributed by atoms with van der Waals surface area (Å²) in [5.41, 5.74) is 1.59. The summed E-state index contributed by atoms with van der Waals surface area (Å²) in [5, 5.41) is 4.08. The van der Waals surface area contributed by atoms with Crippen molar-refractivity contribution in [1.29, 1.82) is 0 Å². The third kappa shape index (κ3) is 6.09. The van der Waals surface area contributed by atoms with Crippen molar-refractivity contribution in [2.75, 3.05) is 37.6 Å². The molecule has 4 rings (SSSR count). The van der Waals surface area contributed by atoms with Crippen molar-refractivity contribution < 1.29 is 14.1 Å². The predicted molar refractivity (Wildman–Crippen MR) is 132 cm³/mol. The lowest BCUT2D eigenvalue weighted by molar-refractivity contribution is -0.118. The van der Waals surface area contributed by atoms with E-state index in [2.05, 4.69) is 31.0 Å². The van der Waals surface area contributed by atoms with E-state index in [9.17, 15) is 9.59 Å². The predicted octanol–water partition coefficient (Wildman–Crippen LogP) is 3.78. The van der Waals surface area contributed by atoms with Gasteiger partial charge in [0.25, 0.3) is 5.91 Å². The molecule has 8 nitrogen and oxygen atoms in total. The van der Waals surface area contributed by atoms with Gasteiger partial charge in [0.2, 0.25) is 11.8 Å². The second-order valence-corrected chi connectivity index (χ2v) is 9.07. The number of rotatable bonds is 8. The Labute approximate surface area is 207 Å². The number of halogens is 1. The molecule has 1 fully saturated rings. The monoisotopic (exact) mass is 525 g/mol. The molecule has 0 bridgehead atoms. The summed E-state index contributed by atoms with van der Waals surface area (Å²) in [7, 11) is 0. The van der Waals surface area contributed by atoms with Gasteiger partial charge in [0, 0.05) is 61.3 Å². The van der Waals surface area contributed by atoms with Gasteiger partial charge >= 0.3 is 0 Å². The molecular weight excluding hydrogens is 498 g/mol. The molecule has 0 aliphatic carbocycles. The van der Waals surface area contributed by atoms with Gasteiger partial charge in [0.1, 0.15) is 0 Å². The largest absolute Gasteiger partial charge is 0.339 e. The minimum absolute atomic E-state index is 0.0278. The first kappa shape index (κ1) is 24.1. The van der Waals surface area contributed by atoms with Crippen molar-refractivity contribution >= 4 is 33.4 Å².